The monoisotopic (exact) mass is 521 g/mol. The Kier molecular flexibility index (Phi) is 7.32. The van der Waals surface area contributed by atoms with Gasteiger partial charge in [0.2, 0.25) is 0 Å². The SMILES string of the molecule is CSC[C@@H](N)c1ccc(-c2ccc3c(c2)C=NCN3c2ccc(OCc3cccc(F)c3)c(Cl)c2)o1. The minimum absolute atomic E-state index is 0.131. The van der Waals surface area contributed by atoms with Gasteiger partial charge >= 0.3 is 0 Å². The van der Waals surface area contributed by atoms with E-state index >= 15 is 0 Å². The second-order valence-electron chi connectivity index (χ2n) is 8.45. The predicted octanol–water partition coefficient (Wildman–Crippen LogP) is 7.21. The van der Waals surface area contributed by atoms with Gasteiger partial charge in [0.15, 0.2) is 0 Å². The highest BCUT2D eigenvalue weighted by atomic mass is 35.5. The Hall–Kier alpha value is -3.26. The molecule has 0 amide bonds. The second-order valence-corrected chi connectivity index (χ2v) is 9.77. The number of thioether (sulfide) groups is 1. The largest absolute Gasteiger partial charge is 0.487 e. The molecule has 1 atom stereocenters. The van der Waals surface area contributed by atoms with Crippen molar-refractivity contribution in [2.75, 3.05) is 23.6 Å². The van der Waals surface area contributed by atoms with Gasteiger partial charge in [-0.2, -0.15) is 11.8 Å². The normalized spacial score (nSPS) is 13.5. The summed E-state index contributed by atoms with van der Waals surface area (Å²) in [5.74, 6) is 2.60. The summed E-state index contributed by atoms with van der Waals surface area (Å²) in [7, 11) is 0. The van der Waals surface area contributed by atoms with Crippen LogP contribution in [0.5, 0.6) is 5.75 Å². The van der Waals surface area contributed by atoms with Crippen LogP contribution in [0.4, 0.5) is 15.8 Å². The Balaban J connectivity index is 1.34. The molecule has 2 N–H and O–H groups in total. The van der Waals surface area contributed by atoms with E-state index in [0.717, 1.165) is 45.3 Å². The van der Waals surface area contributed by atoms with Crippen LogP contribution in [0.1, 0.15) is 22.9 Å². The number of nitrogens with zero attached hydrogens (tertiary/aromatic N) is 2. The van der Waals surface area contributed by atoms with Gasteiger partial charge in [0.05, 0.1) is 16.8 Å². The standard InChI is InChI=1S/C28H25ClFN3O2S/c1-36-16-24(31)28-10-9-26(35-28)19-5-7-25-20(12-19)14-32-17-33(25)22-6-8-27(23(29)13-22)34-15-18-3-2-4-21(30)11-18/h2-14,24H,15-17,31H2,1H3/t24-/m1/s1. The number of hydrogen-bond donors (Lipinski definition) is 1. The van der Waals surface area contributed by atoms with Crippen LogP contribution in [0.3, 0.4) is 0 Å². The van der Waals surface area contributed by atoms with Gasteiger partial charge in [-0.15, -0.1) is 0 Å². The number of anilines is 2. The molecule has 2 heterocycles. The maximum absolute atomic E-state index is 13.4. The molecule has 184 valence electrons. The molecule has 0 fully saturated rings. The van der Waals surface area contributed by atoms with Crippen molar-refractivity contribution in [3.8, 4) is 17.1 Å². The molecule has 36 heavy (non-hydrogen) atoms. The average molecular weight is 522 g/mol. The smallest absolute Gasteiger partial charge is 0.138 e. The first kappa shape index (κ1) is 24.4. The zero-order valence-electron chi connectivity index (χ0n) is 19.7. The number of furan rings is 1. The second kappa shape index (κ2) is 10.8. The van der Waals surface area contributed by atoms with Crippen molar-refractivity contribution in [1.82, 2.24) is 0 Å². The maximum Gasteiger partial charge on any atom is 0.138 e. The minimum Gasteiger partial charge on any atom is -0.487 e. The number of benzene rings is 3. The van der Waals surface area contributed by atoms with Crippen molar-refractivity contribution in [3.63, 3.8) is 0 Å². The molecular weight excluding hydrogens is 497 g/mol. The van der Waals surface area contributed by atoms with Crippen LogP contribution in [0.15, 0.2) is 82.2 Å². The lowest BCUT2D eigenvalue weighted by atomic mass is 10.1. The van der Waals surface area contributed by atoms with Crippen molar-refractivity contribution in [2.24, 2.45) is 10.7 Å². The lowest BCUT2D eigenvalue weighted by molar-refractivity contribution is 0.306. The molecule has 0 aliphatic carbocycles. The summed E-state index contributed by atoms with van der Waals surface area (Å²) in [5, 5.41) is 0.473. The number of ether oxygens (including phenoxy) is 1. The Morgan fingerprint density at radius 3 is 2.83 bits per heavy atom. The van der Waals surface area contributed by atoms with Gasteiger partial charge in [0.1, 0.15) is 36.4 Å². The summed E-state index contributed by atoms with van der Waals surface area (Å²) < 4.78 is 25.3. The maximum atomic E-state index is 13.4. The molecule has 1 aliphatic heterocycles. The van der Waals surface area contributed by atoms with Crippen LogP contribution in [0.2, 0.25) is 5.02 Å². The van der Waals surface area contributed by atoms with Gasteiger partial charge in [-0.05, 0) is 72.5 Å². The lowest BCUT2D eigenvalue weighted by Gasteiger charge is -2.28. The highest BCUT2D eigenvalue weighted by Crippen LogP contribution is 2.37. The van der Waals surface area contributed by atoms with Gasteiger partial charge < -0.3 is 19.8 Å². The Morgan fingerprint density at radius 1 is 1.14 bits per heavy atom. The number of hydrogen-bond acceptors (Lipinski definition) is 6. The van der Waals surface area contributed by atoms with Crippen LogP contribution >= 0.6 is 23.4 Å². The van der Waals surface area contributed by atoms with Crippen molar-refractivity contribution >= 4 is 41.0 Å². The zero-order valence-corrected chi connectivity index (χ0v) is 21.2. The Labute approximate surface area is 218 Å². The van der Waals surface area contributed by atoms with E-state index in [1.54, 1.807) is 17.8 Å². The van der Waals surface area contributed by atoms with Gasteiger partial charge in [-0.25, -0.2) is 4.39 Å². The fourth-order valence-electron chi connectivity index (χ4n) is 4.11. The number of aliphatic imine (C=N–C) groups is 1. The van der Waals surface area contributed by atoms with E-state index in [0.29, 0.717) is 17.4 Å². The highest BCUT2D eigenvalue weighted by molar-refractivity contribution is 7.98. The van der Waals surface area contributed by atoms with Crippen LogP contribution < -0.4 is 15.4 Å². The van der Waals surface area contributed by atoms with E-state index in [1.807, 2.05) is 54.9 Å². The fraction of sp³-hybridized carbons (Fsp3) is 0.179. The molecule has 5 rings (SSSR count). The molecule has 0 radical (unpaired) electrons. The van der Waals surface area contributed by atoms with Gasteiger partial charge in [0, 0.05) is 28.8 Å². The quantitative estimate of drug-likeness (QED) is 0.265. The first-order chi connectivity index (χ1) is 17.5. The number of rotatable bonds is 8. The summed E-state index contributed by atoms with van der Waals surface area (Å²) in [5.41, 5.74) is 10.8. The molecule has 1 aromatic heterocycles. The first-order valence-corrected chi connectivity index (χ1v) is 13.2. The van der Waals surface area contributed by atoms with Crippen molar-refractivity contribution < 1.29 is 13.5 Å². The Bertz CT molecular complexity index is 1410. The van der Waals surface area contributed by atoms with E-state index < -0.39 is 0 Å². The van der Waals surface area contributed by atoms with Crippen molar-refractivity contribution in [3.05, 3.63) is 101 Å². The Morgan fingerprint density at radius 2 is 2.03 bits per heavy atom. The van der Waals surface area contributed by atoms with Crippen LogP contribution in [0, 0.1) is 5.82 Å². The van der Waals surface area contributed by atoms with Gasteiger partial charge in [-0.1, -0.05) is 23.7 Å². The summed E-state index contributed by atoms with van der Waals surface area (Å²) in [6.07, 6.45) is 3.90. The third kappa shape index (κ3) is 5.28. The van der Waals surface area contributed by atoms with Crippen LogP contribution in [-0.2, 0) is 6.61 Å². The summed E-state index contributed by atoms with van der Waals surface area (Å²) in [4.78, 5) is 6.63. The number of nitrogens with two attached hydrogens (primary N) is 1. The molecule has 8 heteroatoms. The minimum atomic E-state index is -0.295. The molecule has 0 saturated carbocycles. The molecular formula is C28H25ClFN3O2S. The van der Waals surface area contributed by atoms with Crippen LogP contribution in [-0.4, -0.2) is 24.9 Å². The fourth-order valence-corrected chi connectivity index (χ4v) is 4.86. The molecule has 1 aliphatic rings. The zero-order chi connectivity index (χ0) is 25.1. The van der Waals surface area contributed by atoms with Gasteiger partial charge in [-0.3, -0.25) is 4.99 Å². The lowest BCUT2D eigenvalue weighted by Crippen LogP contribution is -2.21. The molecule has 0 unspecified atom stereocenters. The van der Waals surface area contributed by atoms with Crippen molar-refractivity contribution in [2.45, 2.75) is 12.6 Å². The topological polar surface area (TPSA) is 64.0 Å². The summed E-state index contributed by atoms with van der Waals surface area (Å²) >= 11 is 8.23. The van der Waals surface area contributed by atoms with E-state index in [1.165, 1.54) is 12.1 Å². The molecule has 3 aromatic carbocycles. The van der Waals surface area contributed by atoms with Crippen molar-refractivity contribution in [1.29, 1.82) is 0 Å². The third-order valence-electron chi connectivity index (χ3n) is 5.91. The first-order valence-electron chi connectivity index (χ1n) is 11.4. The van der Waals surface area contributed by atoms with E-state index in [2.05, 4.69) is 22.0 Å². The highest BCUT2D eigenvalue weighted by Gasteiger charge is 2.19. The molecule has 0 spiro atoms. The predicted molar refractivity (Wildman–Crippen MR) is 146 cm³/mol. The molecule has 0 saturated heterocycles. The van der Waals surface area contributed by atoms with E-state index in [-0.39, 0.29) is 18.5 Å². The van der Waals surface area contributed by atoms with E-state index in [9.17, 15) is 4.39 Å². The number of halogens is 2. The van der Waals surface area contributed by atoms with E-state index in [4.69, 9.17) is 26.5 Å². The third-order valence-corrected chi connectivity index (χ3v) is 6.89. The average Bonchev–Trinajstić information content (AvgIpc) is 3.38. The van der Waals surface area contributed by atoms with Crippen LogP contribution in [0.25, 0.3) is 11.3 Å². The molecule has 0 bridgehead atoms. The molecule has 4 aromatic rings. The number of fused-ring (bicyclic) bond motifs is 1. The summed E-state index contributed by atoms with van der Waals surface area (Å²) in [6, 6.07) is 21.9. The van der Waals surface area contributed by atoms with Gasteiger partial charge in [0.25, 0.3) is 0 Å². The summed E-state index contributed by atoms with van der Waals surface area (Å²) in [6.45, 7) is 0.702. The molecule has 5 nitrogen and oxygen atoms in total.